The van der Waals surface area contributed by atoms with Crippen molar-refractivity contribution in [1.82, 2.24) is 0 Å². The molecule has 196 valence electrons. The Morgan fingerprint density at radius 2 is 0.850 bits per heavy atom. The summed E-state index contributed by atoms with van der Waals surface area (Å²) in [6, 6.07) is 41.1. The molecule has 4 aromatic rings. The van der Waals surface area contributed by atoms with E-state index in [1.807, 2.05) is 79.7 Å². The normalized spacial score (nSPS) is 30.8. The number of ketones is 2. The number of hydrogen-bond donors (Lipinski definition) is 0. The number of carbonyl (C=O) groups is 2. The second-order valence-corrected chi connectivity index (χ2v) is 12.0. The molecule has 0 spiro atoms. The van der Waals surface area contributed by atoms with Crippen LogP contribution in [-0.2, 0) is 15.0 Å². The average Bonchev–Trinajstić information content (AvgIpc) is 3.37. The van der Waals surface area contributed by atoms with Gasteiger partial charge in [0, 0.05) is 0 Å². The Kier molecular flexibility index (Phi) is 5.01. The van der Waals surface area contributed by atoms with Gasteiger partial charge in [-0.3, -0.25) is 9.59 Å². The molecule has 2 nitrogen and oxygen atoms in total. The third kappa shape index (κ3) is 2.47. The van der Waals surface area contributed by atoms with Gasteiger partial charge >= 0.3 is 0 Å². The van der Waals surface area contributed by atoms with E-state index in [-0.39, 0.29) is 11.6 Å². The lowest BCUT2D eigenvalue weighted by atomic mass is 9.43. The van der Waals surface area contributed by atoms with E-state index in [2.05, 4.69) is 69.3 Å². The summed E-state index contributed by atoms with van der Waals surface area (Å²) >= 11 is 0. The van der Waals surface area contributed by atoms with Crippen molar-refractivity contribution >= 4 is 28.3 Å². The number of Topliss-reactive ketones (excluding diaryl/α,β-unsaturated/α-hetero) is 2. The van der Waals surface area contributed by atoms with E-state index in [0.717, 1.165) is 44.5 Å². The Morgan fingerprint density at radius 3 is 1.30 bits per heavy atom. The van der Waals surface area contributed by atoms with Crippen molar-refractivity contribution in [2.45, 2.75) is 33.1 Å². The van der Waals surface area contributed by atoms with Gasteiger partial charge < -0.3 is 0 Å². The van der Waals surface area contributed by atoms with Crippen LogP contribution in [0.3, 0.4) is 0 Å². The van der Waals surface area contributed by atoms with E-state index in [1.54, 1.807) is 0 Å². The molecule has 1 saturated carbocycles. The number of carbonyl (C=O) groups excluding carboxylic acids is 2. The predicted molar refractivity (Wildman–Crippen MR) is 161 cm³/mol. The Hall–Kier alpha value is -4.30. The number of allylic oxidation sites excluding steroid dienone is 4. The number of rotatable bonds is 4. The fourth-order valence-electron chi connectivity index (χ4n) is 9.13. The standard InChI is InChI=1S/C38H32O2/c1-25-30(26-17-9-5-10-18-26)38(29-23-15-8-16-24-29)36(3)32(28-21-13-7-14-22-28)31(27-19-11-6-12-20-27)35(2,34(36)40)37(38,4)33(25)39/h5-24H,1-4H3/t35-,36-,37-,38-/m0/s1. The molecule has 4 aromatic carbocycles. The van der Waals surface area contributed by atoms with Gasteiger partial charge in [-0.1, -0.05) is 121 Å². The number of benzene rings is 4. The van der Waals surface area contributed by atoms with Crippen molar-refractivity contribution in [3.8, 4) is 0 Å². The second kappa shape index (κ2) is 8.11. The number of hydrogen-bond acceptors (Lipinski definition) is 2. The minimum absolute atomic E-state index is 0.0651. The first-order chi connectivity index (χ1) is 19.3. The smallest absolute Gasteiger partial charge is 0.167 e. The summed E-state index contributed by atoms with van der Waals surface area (Å²) in [7, 11) is 0. The fourth-order valence-corrected chi connectivity index (χ4v) is 9.13. The van der Waals surface area contributed by atoms with Crippen molar-refractivity contribution in [1.29, 1.82) is 0 Å². The molecule has 2 bridgehead atoms. The summed E-state index contributed by atoms with van der Waals surface area (Å²) < 4.78 is 0. The van der Waals surface area contributed by atoms with Crippen LogP contribution < -0.4 is 0 Å². The van der Waals surface area contributed by atoms with E-state index in [9.17, 15) is 4.79 Å². The highest BCUT2D eigenvalue weighted by Crippen LogP contribution is 2.86. The zero-order chi connectivity index (χ0) is 27.9. The van der Waals surface area contributed by atoms with Gasteiger partial charge in [-0.05, 0) is 72.2 Å². The monoisotopic (exact) mass is 520 g/mol. The maximum Gasteiger partial charge on any atom is 0.167 e. The zero-order valence-corrected chi connectivity index (χ0v) is 23.4. The van der Waals surface area contributed by atoms with Gasteiger partial charge in [0.15, 0.2) is 11.6 Å². The van der Waals surface area contributed by atoms with Crippen LogP contribution >= 0.6 is 0 Å². The highest BCUT2D eigenvalue weighted by atomic mass is 16.1. The quantitative estimate of drug-likeness (QED) is 0.272. The van der Waals surface area contributed by atoms with Gasteiger partial charge in [0.05, 0.1) is 21.7 Å². The third-order valence-corrected chi connectivity index (χ3v) is 10.6. The zero-order valence-electron chi connectivity index (χ0n) is 23.4. The molecule has 7 rings (SSSR count). The average molecular weight is 521 g/mol. The second-order valence-electron chi connectivity index (χ2n) is 12.0. The first-order valence-corrected chi connectivity index (χ1v) is 14.1. The summed E-state index contributed by atoms with van der Waals surface area (Å²) in [5.41, 5.74) is 3.79. The largest absolute Gasteiger partial charge is 0.298 e. The molecular formula is C38H32O2. The first kappa shape index (κ1) is 24.7. The van der Waals surface area contributed by atoms with Crippen molar-refractivity contribution in [2.75, 3.05) is 0 Å². The Labute approximate surface area is 236 Å². The SMILES string of the molecule is CC1=C(c2ccccc2)[C@@]2(c3ccccc3)[C@]3(C)C(=O)[C@](C)(C(c4ccccc4)=C3c3ccccc3)[C@]2(C)C1=O. The van der Waals surface area contributed by atoms with Gasteiger partial charge in [-0.25, -0.2) is 0 Å². The third-order valence-electron chi connectivity index (χ3n) is 10.6. The lowest BCUT2D eigenvalue weighted by Gasteiger charge is -2.55. The lowest BCUT2D eigenvalue weighted by Crippen LogP contribution is -2.56. The van der Waals surface area contributed by atoms with Crippen molar-refractivity contribution in [3.63, 3.8) is 0 Å². The summed E-state index contributed by atoms with van der Waals surface area (Å²) in [6.07, 6.45) is 0. The molecule has 0 radical (unpaired) electrons. The lowest BCUT2D eigenvalue weighted by molar-refractivity contribution is -0.134. The molecule has 0 aliphatic heterocycles. The van der Waals surface area contributed by atoms with Gasteiger partial charge in [0.25, 0.3) is 0 Å². The molecule has 0 aromatic heterocycles. The Morgan fingerprint density at radius 1 is 0.475 bits per heavy atom. The van der Waals surface area contributed by atoms with E-state index >= 15 is 4.79 Å². The maximum absolute atomic E-state index is 15.4. The van der Waals surface area contributed by atoms with Crippen LogP contribution in [0.25, 0.3) is 16.7 Å². The van der Waals surface area contributed by atoms with Crippen molar-refractivity contribution < 1.29 is 9.59 Å². The molecule has 4 atom stereocenters. The molecule has 3 aliphatic carbocycles. The van der Waals surface area contributed by atoms with E-state index < -0.39 is 21.7 Å². The van der Waals surface area contributed by atoms with Crippen LogP contribution in [0, 0.1) is 16.2 Å². The maximum atomic E-state index is 15.4. The van der Waals surface area contributed by atoms with Gasteiger partial charge in [0.1, 0.15) is 0 Å². The van der Waals surface area contributed by atoms with Crippen LogP contribution in [0.4, 0.5) is 0 Å². The van der Waals surface area contributed by atoms with Crippen molar-refractivity contribution in [2.24, 2.45) is 16.2 Å². The van der Waals surface area contributed by atoms with Crippen molar-refractivity contribution in [3.05, 3.63) is 149 Å². The minimum Gasteiger partial charge on any atom is -0.298 e. The summed E-state index contributed by atoms with van der Waals surface area (Å²) in [4.78, 5) is 30.3. The topological polar surface area (TPSA) is 34.1 Å². The molecular weight excluding hydrogens is 488 g/mol. The summed E-state index contributed by atoms with van der Waals surface area (Å²) in [5, 5.41) is 0. The van der Waals surface area contributed by atoms with E-state index in [0.29, 0.717) is 0 Å². The van der Waals surface area contributed by atoms with E-state index in [1.165, 1.54) is 0 Å². The molecule has 2 heteroatoms. The molecule has 0 saturated heterocycles. The minimum atomic E-state index is -1.06. The van der Waals surface area contributed by atoms with Crippen LogP contribution in [-0.4, -0.2) is 11.6 Å². The Bertz CT molecular complexity index is 1750. The molecule has 40 heavy (non-hydrogen) atoms. The highest BCUT2D eigenvalue weighted by Gasteiger charge is 2.88. The molecule has 3 aliphatic rings. The molecule has 0 amide bonds. The van der Waals surface area contributed by atoms with Crippen LogP contribution in [0.1, 0.15) is 49.9 Å². The van der Waals surface area contributed by atoms with Gasteiger partial charge in [-0.15, -0.1) is 0 Å². The van der Waals surface area contributed by atoms with Crippen LogP contribution in [0.5, 0.6) is 0 Å². The molecule has 0 unspecified atom stereocenters. The van der Waals surface area contributed by atoms with Crippen LogP contribution in [0.15, 0.2) is 127 Å². The predicted octanol–water partition coefficient (Wildman–Crippen LogP) is 8.21. The summed E-state index contributed by atoms with van der Waals surface area (Å²) in [6.45, 7) is 8.23. The van der Waals surface area contributed by atoms with E-state index in [4.69, 9.17) is 0 Å². The fraction of sp³-hybridized carbons (Fsp3) is 0.211. The molecule has 0 N–H and O–H groups in total. The summed E-state index contributed by atoms with van der Waals surface area (Å²) in [5.74, 6) is 0.189. The highest BCUT2D eigenvalue weighted by molar-refractivity contribution is 6.33. The molecule has 1 fully saturated rings. The first-order valence-electron chi connectivity index (χ1n) is 14.1. The molecule has 0 heterocycles. The van der Waals surface area contributed by atoms with Crippen LogP contribution in [0.2, 0.25) is 0 Å². The Balaban J connectivity index is 1.73. The number of fused-ring (bicyclic) bond motifs is 5. The van der Waals surface area contributed by atoms with Gasteiger partial charge in [0.2, 0.25) is 0 Å². The van der Waals surface area contributed by atoms with Gasteiger partial charge in [-0.2, -0.15) is 0 Å².